The highest BCUT2D eigenvalue weighted by atomic mass is 16.5. The fourth-order valence-corrected chi connectivity index (χ4v) is 4.91. The summed E-state index contributed by atoms with van der Waals surface area (Å²) in [5, 5.41) is 11.5. The minimum absolute atomic E-state index is 0.0229. The fourth-order valence-electron chi connectivity index (χ4n) is 4.91. The third kappa shape index (κ3) is 4.20. The second-order valence-corrected chi connectivity index (χ2v) is 9.20. The summed E-state index contributed by atoms with van der Waals surface area (Å²) in [5.74, 6) is 0.118. The van der Waals surface area contributed by atoms with E-state index in [-0.39, 0.29) is 11.3 Å². The molecule has 1 amide bonds. The van der Waals surface area contributed by atoms with Gasteiger partial charge in [0, 0.05) is 17.7 Å². The van der Waals surface area contributed by atoms with E-state index in [1.807, 2.05) is 45.0 Å². The molecule has 0 radical (unpaired) electrons. The van der Waals surface area contributed by atoms with E-state index >= 15 is 0 Å². The Bertz CT molecular complexity index is 1440. The number of fused-ring (bicyclic) bond motifs is 1. The lowest BCUT2D eigenvalue weighted by atomic mass is 9.94. The summed E-state index contributed by atoms with van der Waals surface area (Å²) in [5.41, 5.74) is 4.69. The molecule has 1 atom stereocenters. The van der Waals surface area contributed by atoms with Crippen molar-refractivity contribution in [2.24, 2.45) is 0 Å². The first kappa shape index (κ1) is 24.4. The summed E-state index contributed by atoms with van der Waals surface area (Å²) in [6.07, 6.45) is 0.715. The normalized spacial score (nSPS) is 18.1. The molecule has 37 heavy (non-hydrogen) atoms. The number of aliphatic hydroxyl groups excluding tert-OH is 1. The predicted molar refractivity (Wildman–Crippen MR) is 141 cm³/mol. The summed E-state index contributed by atoms with van der Waals surface area (Å²) in [4.78, 5) is 28.5. The number of aryl methyl sites for hydroxylation is 2. The molecule has 2 aliphatic rings. The van der Waals surface area contributed by atoms with Crippen LogP contribution in [0.1, 0.15) is 40.8 Å². The molecule has 1 fully saturated rings. The van der Waals surface area contributed by atoms with Crippen LogP contribution in [0.25, 0.3) is 5.76 Å². The minimum atomic E-state index is -0.864. The van der Waals surface area contributed by atoms with Crippen LogP contribution < -0.4 is 19.1 Å². The molecule has 0 saturated carbocycles. The van der Waals surface area contributed by atoms with Crippen LogP contribution >= 0.6 is 0 Å². The number of rotatable bonds is 6. The van der Waals surface area contributed by atoms with Crippen LogP contribution in [0.4, 0.5) is 5.69 Å². The summed E-state index contributed by atoms with van der Waals surface area (Å²) in [6, 6.07) is 15.4. The largest absolute Gasteiger partial charge is 0.507 e. The Hall–Kier alpha value is -4.26. The monoisotopic (exact) mass is 499 g/mol. The first-order chi connectivity index (χ1) is 17.8. The smallest absolute Gasteiger partial charge is 0.300 e. The Balaban J connectivity index is 1.72. The van der Waals surface area contributed by atoms with Gasteiger partial charge in [-0.25, -0.2) is 0 Å². The van der Waals surface area contributed by atoms with Crippen LogP contribution in [0.2, 0.25) is 0 Å². The van der Waals surface area contributed by atoms with E-state index in [2.05, 4.69) is 0 Å². The molecule has 5 rings (SSSR count). The molecule has 7 heteroatoms. The third-order valence-corrected chi connectivity index (χ3v) is 6.98. The van der Waals surface area contributed by atoms with E-state index < -0.39 is 17.7 Å². The van der Waals surface area contributed by atoms with E-state index in [0.29, 0.717) is 47.9 Å². The Morgan fingerprint density at radius 1 is 1.03 bits per heavy atom. The lowest BCUT2D eigenvalue weighted by molar-refractivity contribution is -0.132. The van der Waals surface area contributed by atoms with Gasteiger partial charge < -0.3 is 19.3 Å². The number of carbonyl (C=O) groups is 2. The maximum Gasteiger partial charge on any atom is 0.300 e. The van der Waals surface area contributed by atoms with Crippen molar-refractivity contribution in [1.29, 1.82) is 0 Å². The highest BCUT2D eigenvalue weighted by molar-refractivity contribution is 6.51. The number of carbonyl (C=O) groups excluding carboxylic acids is 2. The molecule has 1 N–H and O–H groups in total. The molecule has 1 saturated heterocycles. The summed E-state index contributed by atoms with van der Waals surface area (Å²) in [7, 11) is 1.55. The number of amides is 1. The fraction of sp³-hybridized carbons (Fsp3) is 0.267. The molecule has 1 unspecified atom stereocenters. The van der Waals surface area contributed by atoms with Crippen molar-refractivity contribution in [3.8, 4) is 17.2 Å². The van der Waals surface area contributed by atoms with Gasteiger partial charge in [-0.3, -0.25) is 14.5 Å². The Morgan fingerprint density at radius 2 is 1.84 bits per heavy atom. The first-order valence-electron chi connectivity index (χ1n) is 12.3. The molecular weight excluding hydrogens is 470 g/mol. The second kappa shape index (κ2) is 9.65. The third-order valence-electron chi connectivity index (χ3n) is 6.98. The van der Waals surface area contributed by atoms with Crippen molar-refractivity contribution in [1.82, 2.24) is 0 Å². The van der Waals surface area contributed by atoms with Gasteiger partial charge in [0.2, 0.25) is 0 Å². The number of hydrogen-bond acceptors (Lipinski definition) is 6. The van der Waals surface area contributed by atoms with Crippen molar-refractivity contribution in [3.63, 3.8) is 0 Å². The van der Waals surface area contributed by atoms with Gasteiger partial charge in [0.25, 0.3) is 11.7 Å². The van der Waals surface area contributed by atoms with Crippen LogP contribution in [-0.4, -0.2) is 37.1 Å². The number of hydrogen-bond donors (Lipinski definition) is 1. The number of benzene rings is 3. The first-order valence-corrected chi connectivity index (χ1v) is 12.3. The Labute approximate surface area is 215 Å². The van der Waals surface area contributed by atoms with Crippen molar-refractivity contribution in [3.05, 3.63) is 88.0 Å². The van der Waals surface area contributed by atoms with E-state index in [0.717, 1.165) is 22.4 Å². The minimum Gasteiger partial charge on any atom is -0.507 e. The number of ketones is 1. The van der Waals surface area contributed by atoms with Gasteiger partial charge in [-0.2, -0.15) is 0 Å². The lowest BCUT2D eigenvalue weighted by Gasteiger charge is -2.26. The second-order valence-electron chi connectivity index (χ2n) is 9.20. The zero-order chi connectivity index (χ0) is 26.3. The van der Waals surface area contributed by atoms with Crippen molar-refractivity contribution < 1.29 is 28.9 Å². The Kier molecular flexibility index (Phi) is 6.38. The zero-order valence-corrected chi connectivity index (χ0v) is 21.3. The van der Waals surface area contributed by atoms with Crippen LogP contribution in [0, 0.1) is 13.8 Å². The standard InChI is InChI=1S/C30H29NO6/c1-5-36-25-16-20(7-11-24(25)35-4)27-26(28(32)21-8-10-23-19(15-21)12-13-37-23)29(33)30(34)31(27)22-9-6-17(2)18(3)14-22/h6-11,14-16,27,32H,5,12-13H2,1-4H3/b28-26+. The Morgan fingerprint density at radius 3 is 2.57 bits per heavy atom. The molecule has 0 aromatic heterocycles. The molecule has 190 valence electrons. The van der Waals surface area contributed by atoms with Crippen LogP contribution in [0.15, 0.2) is 60.2 Å². The van der Waals surface area contributed by atoms with Crippen molar-refractivity contribution in [2.45, 2.75) is 33.2 Å². The number of aliphatic hydroxyl groups is 1. The van der Waals surface area contributed by atoms with Crippen LogP contribution in [0.5, 0.6) is 17.2 Å². The molecule has 0 aliphatic carbocycles. The molecule has 3 aromatic carbocycles. The molecule has 2 aliphatic heterocycles. The SMILES string of the molecule is CCOc1cc(C2/C(=C(\O)c3ccc4c(c3)CCO4)C(=O)C(=O)N2c2ccc(C)c(C)c2)ccc1OC. The molecule has 3 aromatic rings. The molecular formula is C30H29NO6. The highest BCUT2D eigenvalue weighted by Crippen LogP contribution is 2.45. The topological polar surface area (TPSA) is 85.3 Å². The molecule has 0 spiro atoms. The van der Waals surface area contributed by atoms with Gasteiger partial charge in [-0.05, 0) is 85.5 Å². The summed E-state index contributed by atoms with van der Waals surface area (Å²) < 4.78 is 16.8. The number of methoxy groups -OCH3 is 1. The maximum atomic E-state index is 13.5. The average molecular weight is 500 g/mol. The van der Waals surface area contributed by atoms with E-state index in [4.69, 9.17) is 14.2 Å². The number of nitrogens with zero attached hydrogens (tertiary/aromatic N) is 1. The quantitative estimate of drug-likeness (QED) is 0.283. The van der Waals surface area contributed by atoms with Crippen molar-refractivity contribution in [2.75, 3.05) is 25.2 Å². The number of anilines is 1. The van der Waals surface area contributed by atoms with Gasteiger partial charge in [-0.1, -0.05) is 12.1 Å². The van der Waals surface area contributed by atoms with Gasteiger partial charge >= 0.3 is 0 Å². The van der Waals surface area contributed by atoms with E-state index in [9.17, 15) is 14.7 Å². The predicted octanol–water partition coefficient (Wildman–Crippen LogP) is 5.27. The van der Waals surface area contributed by atoms with Crippen molar-refractivity contribution >= 4 is 23.1 Å². The van der Waals surface area contributed by atoms with Gasteiger partial charge in [-0.15, -0.1) is 0 Å². The average Bonchev–Trinajstić information content (AvgIpc) is 3.47. The van der Waals surface area contributed by atoms with Crippen LogP contribution in [-0.2, 0) is 16.0 Å². The lowest BCUT2D eigenvalue weighted by Crippen LogP contribution is -2.29. The molecule has 7 nitrogen and oxygen atoms in total. The van der Waals surface area contributed by atoms with Gasteiger partial charge in [0.05, 0.1) is 31.9 Å². The summed E-state index contributed by atoms with van der Waals surface area (Å²) in [6.45, 7) is 6.79. The summed E-state index contributed by atoms with van der Waals surface area (Å²) >= 11 is 0. The maximum absolute atomic E-state index is 13.5. The van der Waals surface area contributed by atoms with E-state index in [1.165, 1.54) is 4.90 Å². The number of Topliss-reactive ketones (excluding diaryl/α,β-unsaturated/α-hetero) is 1. The van der Waals surface area contributed by atoms with Gasteiger partial charge in [0.15, 0.2) is 11.5 Å². The number of ether oxygens (including phenoxy) is 3. The molecule has 0 bridgehead atoms. The van der Waals surface area contributed by atoms with Crippen LogP contribution in [0.3, 0.4) is 0 Å². The van der Waals surface area contributed by atoms with Gasteiger partial charge in [0.1, 0.15) is 11.5 Å². The highest BCUT2D eigenvalue weighted by Gasteiger charge is 2.47. The van der Waals surface area contributed by atoms with E-state index in [1.54, 1.807) is 37.4 Å². The molecule has 2 heterocycles. The zero-order valence-electron chi connectivity index (χ0n) is 21.3.